The van der Waals surface area contributed by atoms with Gasteiger partial charge in [-0.25, -0.2) is 9.97 Å². The molecular weight excluding hydrogens is 354 g/mol. The highest BCUT2D eigenvalue weighted by atomic mass is 35.5. The fourth-order valence-corrected chi connectivity index (χ4v) is 3.66. The number of carbonyl (C=O) groups excluding carboxylic acids is 1. The summed E-state index contributed by atoms with van der Waals surface area (Å²) in [6, 6.07) is 12.1. The van der Waals surface area contributed by atoms with E-state index in [2.05, 4.69) is 34.3 Å². The Morgan fingerprint density at radius 2 is 2.12 bits per heavy atom. The number of hydrogen-bond acceptors (Lipinski definition) is 5. The molecule has 2 aromatic carbocycles. The number of halogens is 1. The standard InChI is InChI=1S/C19H18ClN3OS/c1-12-6-16-18(10-24)21-11-22-19(16)17(7-12)23-14-4-3-5-15(8-14)25-13(2)9-20/h3-8,10-11,13,23H,9H2,1-2H3. The van der Waals surface area contributed by atoms with Gasteiger partial charge in [-0.1, -0.05) is 13.0 Å². The van der Waals surface area contributed by atoms with Crippen LogP contribution >= 0.6 is 23.4 Å². The Morgan fingerprint density at radius 1 is 1.28 bits per heavy atom. The van der Waals surface area contributed by atoms with E-state index in [0.717, 1.165) is 39.0 Å². The summed E-state index contributed by atoms with van der Waals surface area (Å²) < 4.78 is 0. The van der Waals surface area contributed by atoms with Gasteiger partial charge < -0.3 is 5.32 Å². The SMILES string of the molecule is Cc1cc(Nc2cccc(SC(C)CCl)c2)c2ncnc(C=O)c2c1. The molecule has 1 N–H and O–H groups in total. The van der Waals surface area contributed by atoms with E-state index >= 15 is 0 Å². The van der Waals surface area contributed by atoms with E-state index in [1.165, 1.54) is 6.33 Å². The highest BCUT2D eigenvalue weighted by molar-refractivity contribution is 8.00. The summed E-state index contributed by atoms with van der Waals surface area (Å²) in [4.78, 5) is 20.8. The molecule has 6 heteroatoms. The molecule has 0 aliphatic heterocycles. The van der Waals surface area contributed by atoms with Gasteiger partial charge in [-0.05, 0) is 42.8 Å². The molecule has 1 heterocycles. The Hall–Kier alpha value is -2.11. The molecule has 1 atom stereocenters. The van der Waals surface area contributed by atoms with Crippen molar-refractivity contribution in [1.82, 2.24) is 9.97 Å². The lowest BCUT2D eigenvalue weighted by molar-refractivity contribution is 0.112. The number of alkyl halides is 1. The number of nitrogens with zero attached hydrogens (tertiary/aromatic N) is 2. The molecule has 3 aromatic rings. The highest BCUT2D eigenvalue weighted by Crippen LogP contribution is 2.30. The van der Waals surface area contributed by atoms with Crippen LogP contribution in [0.3, 0.4) is 0 Å². The van der Waals surface area contributed by atoms with Gasteiger partial charge >= 0.3 is 0 Å². The van der Waals surface area contributed by atoms with Crippen LogP contribution in [0, 0.1) is 6.92 Å². The molecule has 0 aliphatic rings. The molecule has 0 saturated heterocycles. The van der Waals surface area contributed by atoms with Crippen LogP contribution in [0.1, 0.15) is 23.0 Å². The molecule has 4 nitrogen and oxygen atoms in total. The predicted molar refractivity (Wildman–Crippen MR) is 105 cm³/mol. The van der Waals surface area contributed by atoms with Crippen LogP contribution in [0.25, 0.3) is 10.9 Å². The molecule has 0 aliphatic carbocycles. The highest BCUT2D eigenvalue weighted by Gasteiger charge is 2.10. The van der Waals surface area contributed by atoms with Crippen molar-refractivity contribution in [3.05, 3.63) is 54.0 Å². The molecule has 1 unspecified atom stereocenters. The van der Waals surface area contributed by atoms with Crippen molar-refractivity contribution in [2.45, 2.75) is 24.0 Å². The number of benzene rings is 2. The molecule has 0 bridgehead atoms. The molecule has 3 rings (SSSR count). The van der Waals surface area contributed by atoms with Gasteiger partial charge in [0.1, 0.15) is 12.0 Å². The first-order valence-corrected chi connectivity index (χ1v) is 9.32. The quantitative estimate of drug-likeness (QED) is 0.366. The van der Waals surface area contributed by atoms with Crippen LogP contribution in [0.5, 0.6) is 0 Å². The van der Waals surface area contributed by atoms with Crippen LogP contribution in [0.15, 0.2) is 47.6 Å². The molecule has 0 fully saturated rings. The summed E-state index contributed by atoms with van der Waals surface area (Å²) in [5.41, 5.74) is 3.99. The third-order valence-electron chi connectivity index (χ3n) is 3.69. The van der Waals surface area contributed by atoms with Crippen molar-refractivity contribution < 1.29 is 4.79 Å². The number of carbonyl (C=O) groups is 1. The van der Waals surface area contributed by atoms with Gasteiger partial charge in [0.2, 0.25) is 0 Å². The predicted octanol–water partition coefficient (Wildman–Crippen LogP) is 5.21. The molecular formula is C19H18ClN3OS. The van der Waals surface area contributed by atoms with E-state index in [-0.39, 0.29) is 0 Å². The van der Waals surface area contributed by atoms with Crippen molar-refractivity contribution in [1.29, 1.82) is 0 Å². The van der Waals surface area contributed by atoms with Crippen LogP contribution < -0.4 is 5.32 Å². The summed E-state index contributed by atoms with van der Waals surface area (Å²) in [5.74, 6) is 0.607. The van der Waals surface area contributed by atoms with E-state index in [4.69, 9.17) is 11.6 Å². The first-order chi connectivity index (χ1) is 12.1. The lowest BCUT2D eigenvalue weighted by atomic mass is 10.1. The van der Waals surface area contributed by atoms with Crippen LogP contribution in [-0.4, -0.2) is 27.4 Å². The molecule has 0 radical (unpaired) electrons. The first-order valence-electron chi connectivity index (χ1n) is 7.91. The number of aryl methyl sites for hydroxylation is 1. The van der Waals surface area contributed by atoms with Gasteiger partial charge in [0.15, 0.2) is 6.29 Å². The van der Waals surface area contributed by atoms with Crippen molar-refractivity contribution in [2.24, 2.45) is 0 Å². The lowest BCUT2D eigenvalue weighted by Gasteiger charge is -2.13. The van der Waals surface area contributed by atoms with E-state index in [9.17, 15) is 4.79 Å². The number of aromatic nitrogens is 2. The summed E-state index contributed by atoms with van der Waals surface area (Å²) in [7, 11) is 0. The number of fused-ring (bicyclic) bond motifs is 1. The van der Waals surface area contributed by atoms with E-state index < -0.39 is 0 Å². The molecule has 0 saturated carbocycles. The third kappa shape index (κ3) is 4.11. The summed E-state index contributed by atoms with van der Waals surface area (Å²) in [5, 5.41) is 4.52. The lowest BCUT2D eigenvalue weighted by Crippen LogP contribution is -1.99. The number of anilines is 2. The van der Waals surface area contributed by atoms with Crippen molar-refractivity contribution in [2.75, 3.05) is 11.2 Å². The van der Waals surface area contributed by atoms with Crippen LogP contribution in [0.2, 0.25) is 0 Å². The second-order valence-electron chi connectivity index (χ2n) is 5.82. The maximum absolute atomic E-state index is 11.3. The number of rotatable bonds is 6. The number of nitrogens with one attached hydrogen (secondary N) is 1. The van der Waals surface area contributed by atoms with Crippen molar-refractivity contribution in [3.63, 3.8) is 0 Å². The number of hydrogen-bond donors (Lipinski definition) is 1. The number of thioether (sulfide) groups is 1. The minimum absolute atomic E-state index is 0.347. The van der Waals surface area contributed by atoms with Gasteiger partial charge in [0, 0.05) is 27.1 Å². The second-order valence-corrected chi connectivity index (χ2v) is 7.64. The Bertz CT molecular complexity index is 916. The first kappa shape index (κ1) is 17.7. The van der Waals surface area contributed by atoms with Crippen molar-refractivity contribution in [3.8, 4) is 0 Å². The third-order valence-corrected chi connectivity index (χ3v) is 5.43. The maximum atomic E-state index is 11.3. The summed E-state index contributed by atoms with van der Waals surface area (Å²) in [6.45, 7) is 4.09. The van der Waals surface area contributed by atoms with Crippen LogP contribution in [0.4, 0.5) is 11.4 Å². The van der Waals surface area contributed by atoms with Gasteiger partial charge in [-0.2, -0.15) is 0 Å². The zero-order valence-electron chi connectivity index (χ0n) is 14.0. The normalized spacial score (nSPS) is 12.1. The van der Waals surface area contributed by atoms with Gasteiger partial charge in [-0.3, -0.25) is 4.79 Å². The molecule has 0 spiro atoms. The fraction of sp³-hybridized carbons (Fsp3) is 0.211. The van der Waals surface area contributed by atoms with E-state index in [1.54, 1.807) is 11.8 Å². The topological polar surface area (TPSA) is 54.9 Å². The minimum atomic E-state index is 0.347. The Balaban J connectivity index is 1.98. The molecule has 0 amide bonds. The van der Waals surface area contributed by atoms with Gasteiger partial charge in [0.25, 0.3) is 0 Å². The van der Waals surface area contributed by atoms with Gasteiger partial charge in [0.05, 0.1) is 11.2 Å². The Kier molecular flexibility index (Phi) is 5.56. The zero-order chi connectivity index (χ0) is 17.8. The molecule has 1 aromatic heterocycles. The monoisotopic (exact) mass is 371 g/mol. The zero-order valence-corrected chi connectivity index (χ0v) is 15.6. The average Bonchev–Trinajstić information content (AvgIpc) is 2.61. The fourth-order valence-electron chi connectivity index (χ4n) is 2.59. The molecule has 25 heavy (non-hydrogen) atoms. The Labute approximate surface area is 156 Å². The van der Waals surface area contributed by atoms with Gasteiger partial charge in [-0.15, -0.1) is 23.4 Å². The maximum Gasteiger partial charge on any atom is 0.169 e. The summed E-state index contributed by atoms with van der Waals surface area (Å²) in [6.07, 6.45) is 2.18. The van der Waals surface area contributed by atoms with Crippen LogP contribution in [-0.2, 0) is 0 Å². The number of aldehydes is 1. The minimum Gasteiger partial charge on any atom is -0.354 e. The van der Waals surface area contributed by atoms with E-state index in [1.807, 2.05) is 31.2 Å². The second kappa shape index (κ2) is 7.85. The average molecular weight is 372 g/mol. The Morgan fingerprint density at radius 3 is 2.88 bits per heavy atom. The van der Waals surface area contributed by atoms with Crippen molar-refractivity contribution >= 4 is 51.9 Å². The smallest absolute Gasteiger partial charge is 0.169 e. The molecule has 128 valence electrons. The largest absolute Gasteiger partial charge is 0.354 e. The van der Waals surface area contributed by atoms with E-state index in [0.29, 0.717) is 16.8 Å². The summed E-state index contributed by atoms with van der Waals surface area (Å²) >= 11 is 7.64.